The van der Waals surface area contributed by atoms with Crippen LogP contribution in [0.4, 0.5) is 0 Å². The first-order valence-electron chi connectivity index (χ1n) is 7.46. The van der Waals surface area contributed by atoms with Crippen molar-refractivity contribution < 1.29 is 14.6 Å². The molecule has 104 valence electrons. The van der Waals surface area contributed by atoms with Crippen LogP contribution in [-0.4, -0.2) is 28.7 Å². The van der Waals surface area contributed by atoms with Crippen molar-refractivity contribution in [3.63, 3.8) is 0 Å². The lowest BCUT2D eigenvalue weighted by molar-refractivity contribution is -0.154. The first kappa shape index (κ1) is 14.0. The molecule has 1 N–H and O–H groups in total. The minimum atomic E-state index is -1.11. The summed E-state index contributed by atoms with van der Waals surface area (Å²) in [5.41, 5.74) is -1.15. The van der Waals surface area contributed by atoms with Crippen molar-refractivity contribution in [1.29, 1.82) is 0 Å². The quantitative estimate of drug-likeness (QED) is 0.839. The van der Waals surface area contributed by atoms with Gasteiger partial charge in [-0.15, -0.1) is 0 Å². The Labute approximate surface area is 110 Å². The van der Waals surface area contributed by atoms with Crippen molar-refractivity contribution >= 4 is 5.78 Å². The summed E-state index contributed by atoms with van der Waals surface area (Å²) in [4.78, 5) is 12.5. The number of carbonyl (C=O) groups is 1. The van der Waals surface area contributed by atoms with Gasteiger partial charge < -0.3 is 9.84 Å². The summed E-state index contributed by atoms with van der Waals surface area (Å²) in [7, 11) is 0. The Hall–Kier alpha value is -0.410. The molecule has 2 aliphatic rings. The molecule has 1 atom stereocenters. The second-order valence-corrected chi connectivity index (χ2v) is 6.03. The molecule has 1 aliphatic carbocycles. The van der Waals surface area contributed by atoms with Crippen LogP contribution in [0.5, 0.6) is 0 Å². The lowest BCUT2D eigenvalue weighted by Gasteiger charge is -2.40. The van der Waals surface area contributed by atoms with Gasteiger partial charge in [-0.3, -0.25) is 4.79 Å². The molecule has 18 heavy (non-hydrogen) atoms. The van der Waals surface area contributed by atoms with Crippen LogP contribution < -0.4 is 0 Å². The predicted molar refractivity (Wildman–Crippen MR) is 70.4 cm³/mol. The number of hydrogen-bond acceptors (Lipinski definition) is 3. The largest absolute Gasteiger partial charge is 0.382 e. The van der Waals surface area contributed by atoms with Crippen LogP contribution >= 0.6 is 0 Å². The molecule has 0 bridgehead atoms. The first-order chi connectivity index (χ1) is 8.55. The number of hydrogen-bond donors (Lipinski definition) is 1. The average Bonchev–Trinajstić information content (AvgIpc) is 2.85. The summed E-state index contributed by atoms with van der Waals surface area (Å²) >= 11 is 0. The number of ketones is 1. The molecule has 1 spiro atoms. The normalized spacial score (nSPS) is 27.6. The van der Waals surface area contributed by atoms with E-state index in [9.17, 15) is 9.90 Å². The third-order valence-electron chi connectivity index (χ3n) is 5.01. The molecule has 0 aromatic heterocycles. The summed E-state index contributed by atoms with van der Waals surface area (Å²) in [6.07, 6.45) is 7.26. The average molecular weight is 254 g/mol. The maximum absolute atomic E-state index is 12.5. The van der Waals surface area contributed by atoms with Crippen molar-refractivity contribution in [1.82, 2.24) is 0 Å². The molecule has 0 amide bonds. The molecule has 1 heterocycles. The molecular weight excluding hydrogens is 228 g/mol. The molecule has 1 saturated carbocycles. The van der Waals surface area contributed by atoms with Gasteiger partial charge in [0.15, 0.2) is 5.78 Å². The van der Waals surface area contributed by atoms with Gasteiger partial charge in [0.2, 0.25) is 0 Å². The molecule has 0 aromatic carbocycles. The molecule has 1 aliphatic heterocycles. The van der Waals surface area contributed by atoms with E-state index < -0.39 is 5.60 Å². The number of aliphatic hydroxyl groups is 1. The third-order valence-corrected chi connectivity index (χ3v) is 5.01. The number of Topliss-reactive ketones (excluding diaryl/α,β-unsaturated/α-hetero) is 1. The highest BCUT2D eigenvalue weighted by atomic mass is 16.5. The van der Waals surface area contributed by atoms with Crippen molar-refractivity contribution in [3.05, 3.63) is 0 Å². The van der Waals surface area contributed by atoms with Crippen LogP contribution in [0.1, 0.15) is 65.2 Å². The standard InChI is InChI=1S/C15H26O3/c1-3-15(17,4-2)13(16)12-7-10-18-14(11-12)8-5-6-9-14/h12,17H,3-11H2,1-2H3. The number of carbonyl (C=O) groups excluding carboxylic acids is 1. The van der Waals surface area contributed by atoms with E-state index >= 15 is 0 Å². The first-order valence-corrected chi connectivity index (χ1v) is 7.46. The number of ether oxygens (including phenoxy) is 1. The third kappa shape index (κ3) is 2.48. The van der Waals surface area contributed by atoms with Crippen LogP contribution in [0.2, 0.25) is 0 Å². The van der Waals surface area contributed by atoms with Gasteiger partial charge in [-0.2, -0.15) is 0 Å². The molecule has 3 heteroatoms. The highest BCUT2D eigenvalue weighted by Gasteiger charge is 2.45. The summed E-state index contributed by atoms with van der Waals surface area (Å²) in [5.74, 6) is 0.0591. The molecule has 0 radical (unpaired) electrons. The summed E-state index contributed by atoms with van der Waals surface area (Å²) in [5, 5.41) is 10.4. The van der Waals surface area contributed by atoms with E-state index in [1.54, 1.807) is 0 Å². The maximum atomic E-state index is 12.5. The predicted octanol–water partition coefficient (Wildman–Crippen LogP) is 2.85. The Morgan fingerprint density at radius 1 is 1.33 bits per heavy atom. The molecular formula is C15H26O3. The van der Waals surface area contributed by atoms with Crippen molar-refractivity contribution in [2.24, 2.45) is 5.92 Å². The lowest BCUT2D eigenvalue weighted by atomic mass is 9.76. The van der Waals surface area contributed by atoms with Gasteiger partial charge in [0.25, 0.3) is 0 Å². The SMILES string of the molecule is CCC(O)(CC)C(=O)C1CCOC2(CCCC2)C1. The molecule has 2 fully saturated rings. The Morgan fingerprint density at radius 3 is 2.50 bits per heavy atom. The Balaban J connectivity index is 2.06. The smallest absolute Gasteiger partial charge is 0.167 e. The summed E-state index contributed by atoms with van der Waals surface area (Å²) in [6.45, 7) is 4.47. The van der Waals surface area contributed by atoms with Crippen molar-refractivity contribution in [2.45, 2.75) is 76.4 Å². The lowest BCUT2D eigenvalue weighted by Crippen LogP contribution is -2.47. The fraction of sp³-hybridized carbons (Fsp3) is 0.933. The van der Waals surface area contributed by atoms with Gasteiger partial charge in [-0.1, -0.05) is 26.7 Å². The molecule has 0 aromatic rings. The van der Waals surface area contributed by atoms with Gasteiger partial charge in [0.1, 0.15) is 5.60 Å². The topological polar surface area (TPSA) is 46.5 Å². The second-order valence-electron chi connectivity index (χ2n) is 6.03. The van der Waals surface area contributed by atoms with E-state index in [-0.39, 0.29) is 17.3 Å². The fourth-order valence-corrected chi connectivity index (χ4v) is 3.60. The van der Waals surface area contributed by atoms with Crippen LogP contribution in [0.25, 0.3) is 0 Å². The van der Waals surface area contributed by atoms with E-state index in [2.05, 4.69) is 0 Å². The van der Waals surface area contributed by atoms with Gasteiger partial charge in [0.05, 0.1) is 5.60 Å². The summed E-state index contributed by atoms with van der Waals surface area (Å²) < 4.78 is 5.95. The minimum absolute atomic E-state index is 0.00162. The van der Waals surface area contributed by atoms with Gasteiger partial charge >= 0.3 is 0 Å². The van der Waals surface area contributed by atoms with Gasteiger partial charge in [-0.05, 0) is 38.5 Å². The monoisotopic (exact) mass is 254 g/mol. The molecule has 2 rings (SSSR count). The maximum Gasteiger partial charge on any atom is 0.167 e. The zero-order valence-corrected chi connectivity index (χ0v) is 11.7. The zero-order valence-electron chi connectivity index (χ0n) is 11.7. The Bertz CT molecular complexity index is 301. The van der Waals surface area contributed by atoms with E-state index in [0.29, 0.717) is 19.4 Å². The second kappa shape index (κ2) is 5.30. The Morgan fingerprint density at radius 2 is 1.94 bits per heavy atom. The van der Waals surface area contributed by atoms with E-state index in [4.69, 9.17) is 4.74 Å². The van der Waals surface area contributed by atoms with Gasteiger partial charge in [0, 0.05) is 12.5 Å². The highest BCUT2D eigenvalue weighted by molar-refractivity contribution is 5.89. The minimum Gasteiger partial charge on any atom is -0.382 e. The van der Waals surface area contributed by atoms with Crippen LogP contribution in [-0.2, 0) is 9.53 Å². The van der Waals surface area contributed by atoms with Crippen LogP contribution in [0.3, 0.4) is 0 Å². The van der Waals surface area contributed by atoms with E-state index in [0.717, 1.165) is 25.7 Å². The zero-order chi connectivity index (χ0) is 13.2. The Kier molecular flexibility index (Phi) is 4.12. The summed E-state index contributed by atoms with van der Waals surface area (Å²) in [6, 6.07) is 0. The molecule has 1 unspecified atom stereocenters. The molecule has 1 saturated heterocycles. The van der Waals surface area contributed by atoms with Gasteiger partial charge in [-0.25, -0.2) is 0 Å². The highest BCUT2D eigenvalue weighted by Crippen LogP contribution is 2.43. The number of rotatable bonds is 4. The van der Waals surface area contributed by atoms with Crippen LogP contribution in [0.15, 0.2) is 0 Å². The molecule has 3 nitrogen and oxygen atoms in total. The van der Waals surface area contributed by atoms with E-state index in [1.165, 1.54) is 12.8 Å². The van der Waals surface area contributed by atoms with Crippen molar-refractivity contribution in [2.75, 3.05) is 6.61 Å². The van der Waals surface area contributed by atoms with Crippen molar-refractivity contribution in [3.8, 4) is 0 Å². The fourth-order valence-electron chi connectivity index (χ4n) is 3.60. The van der Waals surface area contributed by atoms with Crippen LogP contribution in [0, 0.1) is 5.92 Å². The van der Waals surface area contributed by atoms with E-state index in [1.807, 2.05) is 13.8 Å².